The first-order chi connectivity index (χ1) is 16.2. The molecule has 34 heavy (non-hydrogen) atoms. The van der Waals surface area contributed by atoms with E-state index in [1.54, 1.807) is 24.3 Å². The third kappa shape index (κ3) is 7.09. The quantitative estimate of drug-likeness (QED) is 0.432. The smallest absolute Gasteiger partial charge is 0.328 e. The number of methoxy groups -OCH3 is 1. The van der Waals surface area contributed by atoms with Crippen LogP contribution in [-0.4, -0.2) is 51.3 Å². The van der Waals surface area contributed by atoms with Crippen LogP contribution >= 0.6 is 11.6 Å². The zero-order valence-corrected chi connectivity index (χ0v) is 20.3. The second-order valence-corrected chi connectivity index (χ2v) is 10.2. The Morgan fingerprint density at radius 3 is 2.56 bits per heavy atom. The van der Waals surface area contributed by atoms with Crippen molar-refractivity contribution in [2.75, 3.05) is 13.7 Å². The Labute approximate surface area is 203 Å². The van der Waals surface area contributed by atoms with E-state index in [2.05, 4.69) is 10.6 Å². The topological polar surface area (TPSA) is 134 Å². The van der Waals surface area contributed by atoms with Gasteiger partial charge < -0.3 is 20.5 Å². The molecular weight excluding hydrogens is 482 g/mol. The molecule has 3 amide bonds. The van der Waals surface area contributed by atoms with E-state index in [9.17, 15) is 23.1 Å². The first-order valence-electron chi connectivity index (χ1n) is 10.9. The van der Waals surface area contributed by atoms with Crippen molar-refractivity contribution in [2.45, 2.75) is 49.1 Å². The van der Waals surface area contributed by atoms with Crippen molar-refractivity contribution in [3.63, 3.8) is 0 Å². The molecule has 0 radical (unpaired) electrons. The highest BCUT2D eigenvalue weighted by Crippen LogP contribution is 2.22. The molecule has 0 saturated heterocycles. The number of benzene rings is 2. The summed E-state index contributed by atoms with van der Waals surface area (Å²) >= 11 is 5.96. The van der Waals surface area contributed by atoms with Gasteiger partial charge in [0.1, 0.15) is 5.75 Å². The minimum absolute atomic E-state index is 0.0530. The Morgan fingerprint density at radius 2 is 1.88 bits per heavy atom. The molecule has 2 aromatic rings. The largest absolute Gasteiger partial charge is 0.496 e. The number of carbonyl (C=O) groups excluding carboxylic acids is 2. The molecule has 0 bridgehead atoms. The van der Waals surface area contributed by atoms with E-state index in [0.717, 1.165) is 12.0 Å². The van der Waals surface area contributed by atoms with Gasteiger partial charge in [-0.2, -0.15) is 0 Å². The van der Waals surface area contributed by atoms with Gasteiger partial charge in [-0.1, -0.05) is 23.7 Å². The molecule has 0 aromatic heterocycles. The highest BCUT2D eigenvalue weighted by molar-refractivity contribution is 7.90. The maximum absolute atomic E-state index is 12.5. The van der Waals surface area contributed by atoms with Crippen molar-refractivity contribution >= 4 is 33.6 Å². The molecule has 0 spiro atoms. The summed E-state index contributed by atoms with van der Waals surface area (Å²) in [7, 11) is -2.58. The molecule has 1 saturated carbocycles. The molecular formula is C23H28ClN3O6S. The summed E-state index contributed by atoms with van der Waals surface area (Å²) in [6.07, 6.45) is 2.53. The Morgan fingerprint density at radius 1 is 1.15 bits per heavy atom. The van der Waals surface area contributed by atoms with Gasteiger partial charge in [0, 0.05) is 17.6 Å². The van der Waals surface area contributed by atoms with Gasteiger partial charge in [0.05, 0.1) is 23.7 Å². The van der Waals surface area contributed by atoms with Gasteiger partial charge in [0.15, 0.2) is 0 Å². The van der Waals surface area contributed by atoms with Crippen LogP contribution in [0.4, 0.5) is 4.79 Å². The number of sulfonamides is 1. The fourth-order valence-corrected chi connectivity index (χ4v) is 4.89. The van der Waals surface area contributed by atoms with Gasteiger partial charge in [-0.15, -0.1) is 0 Å². The van der Waals surface area contributed by atoms with Crippen LogP contribution in [0, 0.1) is 0 Å². The molecule has 1 fully saturated rings. The van der Waals surface area contributed by atoms with E-state index in [-0.39, 0.29) is 16.8 Å². The number of urea groups is 1. The van der Waals surface area contributed by atoms with Crippen LogP contribution in [0.5, 0.6) is 5.75 Å². The predicted octanol–water partition coefficient (Wildman–Crippen LogP) is 2.61. The molecule has 11 heteroatoms. The predicted molar refractivity (Wildman–Crippen MR) is 128 cm³/mol. The Balaban J connectivity index is 1.51. The molecule has 9 nitrogen and oxygen atoms in total. The molecule has 0 heterocycles. The molecule has 2 aromatic carbocycles. The minimum atomic E-state index is -4.04. The van der Waals surface area contributed by atoms with E-state index < -0.39 is 22.2 Å². The summed E-state index contributed by atoms with van der Waals surface area (Å²) in [6.45, 7) is 0.314. The number of amides is 3. The lowest BCUT2D eigenvalue weighted by Gasteiger charge is -2.26. The van der Waals surface area contributed by atoms with Crippen molar-refractivity contribution in [2.24, 2.45) is 0 Å². The number of rotatable bonds is 8. The average Bonchev–Trinajstić information content (AvgIpc) is 2.79. The Kier molecular flexibility index (Phi) is 8.76. The van der Waals surface area contributed by atoms with Crippen LogP contribution in [0.1, 0.15) is 41.6 Å². The third-order valence-electron chi connectivity index (χ3n) is 5.55. The second-order valence-electron chi connectivity index (χ2n) is 8.09. The second kappa shape index (κ2) is 11.5. The van der Waals surface area contributed by atoms with Gasteiger partial charge in [0.2, 0.25) is 0 Å². The van der Waals surface area contributed by atoms with E-state index in [4.69, 9.17) is 16.3 Å². The van der Waals surface area contributed by atoms with Gasteiger partial charge in [-0.3, -0.25) is 4.79 Å². The normalized spacial score (nSPS) is 18.1. The van der Waals surface area contributed by atoms with Crippen molar-refractivity contribution in [1.82, 2.24) is 15.4 Å². The lowest BCUT2D eigenvalue weighted by atomic mass is 9.93. The Bertz CT molecular complexity index is 1120. The van der Waals surface area contributed by atoms with Crippen LogP contribution in [0.25, 0.3) is 0 Å². The molecule has 2 atom stereocenters. The van der Waals surface area contributed by atoms with E-state index in [0.29, 0.717) is 48.6 Å². The van der Waals surface area contributed by atoms with Crippen LogP contribution in [0.3, 0.4) is 0 Å². The zero-order chi connectivity index (χ0) is 24.7. The molecule has 1 aliphatic rings. The fraction of sp³-hybridized carbons (Fsp3) is 0.391. The maximum Gasteiger partial charge on any atom is 0.328 e. The van der Waals surface area contributed by atoms with E-state index >= 15 is 0 Å². The molecule has 1 aliphatic carbocycles. The summed E-state index contributed by atoms with van der Waals surface area (Å²) in [4.78, 5) is 24.5. The summed E-state index contributed by atoms with van der Waals surface area (Å²) in [5.41, 5.74) is 1.13. The van der Waals surface area contributed by atoms with Crippen molar-refractivity contribution < 1.29 is 27.9 Å². The fourth-order valence-electron chi connectivity index (χ4n) is 3.80. The van der Waals surface area contributed by atoms with Gasteiger partial charge >= 0.3 is 6.03 Å². The first kappa shape index (κ1) is 25.8. The molecule has 4 N–H and O–H groups in total. The van der Waals surface area contributed by atoms with Gasteiger partial charge in [-0.25, -0.2) is 17.9 Å². The van der Waals surface area contributed by atoms with Crippen LogP contribution < -0.4 is 20.1 Å². The summed E-state index contributed by atoms with van der Waals surface area (Å²) in [5.74, 6) is 0.0758. The number of hydrogen-bond acceptors (Lipinski definition) is 6. The first-order valence-corrected chi connectivity index (χ1v) is 12.8. The summed E-state index contributed by atoms with van der Waals surface area (Å²) in [5, 5.41) is 15.5. The highest BCUT2D eigenvalue weighted by Gasteiger charge is 2.24. The molecule has 184 valence electrons. The third-order valence-corrected chi connectivity index (χ3v) is 7.13. The number of hydrogen-bond donors (Lipinski definition) is 4. The summed E-state index contributed by atoms with van der Waals surface area (Å²) in [6, 6.07) is 9.73. The maximum atomic E-state index is 12.5. The van der Waals surface area contributed by atoms with Crippen molar-refractivity contribution in [3.05, 3.63) is 58.6 Å². The van der Waals surface area contributed by atoms with Gasteiger partial charge in [0.25, 0.3) is 15.9 Å². The monoisotopic (exact) mass is 509 g/mol. The number of nitrogens with one attached hydrogen (secondary N) is 3. The number of aliphatic hydroxyl groups is 1. The number of carbonyl (C=O) groups is 2. The highest BCUT2D eigenvalue weighted by atomic mass is 35.5. The SMILES string of the molecule is COc1ccc(Cl)cc1C(=O)NCCc1ccc(S(=O)(=O)NC(=O)N[C@H]2CCC[C@@H](O)C2)cc1. The lowest BCUT2D eigenvalue weighted by molar-refractivity contribution is 0.0951. The van der Waals surface area contributed by atoms with E-state index in [1.165, 1.54) is 25.3 Å². The zero-order valence-electron chi connectivity index (χ0n) is 18.7. The Hall–Kier alpha value is -2.82. The van der Waals surface area contributed by atoms with Crippen molar-refractivity contribution in [3.8, 4) is 5.75 Å². The van der Waals surface area contributed by atoms with Crippen LogP contribution in [0.2, 0.25) is 5.02 Å². The average molecular weight is 510 g/mol. The standard InChI is InChI=1S/C23H28ClN3O6S/c1-33-21-10-7-16(24)13-20(21)22(29)25-12-11-15-5-8-19(9-6-15)34(31,32)27-23(30)26-17-3-2-4-18(28)14-17/h5-10,13,17-18,28H,2-4,11-12,14H2,1H3,(H,25,29)(H2,26,27,30)/t17-,18+/m0/s1. The lowest BCUT2D eigenvalue weighted by Crippen LogP contribution is -2.46. The molecule has 0 aliphatic heterocycles. The molecule has 0 unspecified atom stereocenters. The van der Waals surface area contributed by atoms with E-state index in [1.807, 2.05) is 4.72 Å². The minimum Gasteiger partial charge on any atom is -0.496 e. The number of ether oxygens (including phenoxy) is 1. The molecule has 3 rings (SSSR count). The van der Waals surface area contributed by atoms with Crippen molar-refractivity contribution in [1.29, 1.82) is 0 Å². The van der Waals surface area contributed by atoms with Crippen LogP contribution in [-0.2, 0) is 16.4 Å². The number of aliphatic hydroxyl groups excluding tert-OH is 1. The van der Waals surface area contributed by atoms with Gasteiger partial charge in [-0.05, 0) is 68.0 Å². The van der Waals surface area contributed by atoms with Crippen LogP contribution in [0.15, 0.2) is 47.4 Å². The summed E-state index contributed by atoms with van der Waals surface area (Å²) < 4.78 is 32.2. The number of halogens is 1.